The molecule has 4 aliphatic rings. The third kappa shape index (κ3) is 22.7. The van der Waals surface area contributed by atoms with E-state index in [-0.39, 0.29) is 74.0 Å². The van der Waals surface area contributed by atoms with Gasteiger partial charge in [0.25, 0.3) is 0 Å². The highest BCUT2D eigenvalue weighted by Gasteiger charge is 2.60. The Morgan fingerprint density at radius 1 is 0.526 bits per heavy atom. The zero-order chi connectivity index (χ0) is 55.9. The molecular weight excluding hydrogens is 985 g/mol. The summed E-state index contributed by atoms with van der Waals surface area (Å²) in [7, 11) is 0. The van der Waals surface area contributed by atoms with Crippen LogP contribution in [0.5, 0.6) is 5.75 Å². The number of benzene rings is 1. The largest absolute Gasteiger partial charge is 0.508 e. The summed E-state index contributed by atoms with van der Waals surface area (Å²) in [6.45, 7) is 8.65. The van der Waals surface area contributed by atoms with Gasteiger partial charge < -0.3 is 28.4 Å². The molecule has 0 N–H and O–H groups in total. The lowest BCUT2D eigenvalue weighted by Gasteiger charge is -2.57. The predicted octanol–water partition coefficient (Wildman–Crippen LogP) is 16.9. The van der Waals surface area contributed by atoms with E-state index >= 15 is 0 Å². The van der Waals surface area contributed by atoms with E-state index in [2.05, 4.69) is 27.7 Å². The Bertz CT molecular complexity index is 1930. The monoisotopic (exact) mass is 1090 g/mol. The third-order valence-corrected chi connectivity index (χ3v) is 18.3. The fraction of sp³-hybridized carbons (Fsp3) is 0.788. The second kappa shape index (κ2) is 36.2. The number of unbranched alkanes of at least 4 members (excludes halogenated alkanes) is 24. The van der Waals surface area contributed by atoms with Crippen LogP contribution in [-0.4, -0.2) is 61.2 Å². The molecule has 440 valence electrons. The van der Waals surface area contributed by atoms with Gasteiger partial charge in [0.15, 0.2) is 11.9 Å². The Balaban J connectivity index is 0.974. The first-order chi connectivity index (χ1) is 37.8. The summed E-state index contributed by atoms with van der Waals surface area (Å²) in [6, 6.07) is 6.61. The van der Waals surface area contributed by atoms with Gasteiger partial charge in [-0.15, -0.1) is 0 Å². The summed E-state index contributed by atoms with van der Waals surface area (Å²) in [5.74, 6) is 0.00942. The molecule has 0 aliphatic heterocycles. The van der Waals surface area contributed by atoms with Crippen LogP contribution in [0.2, 0.25) is 0 Å². The molecule has 0 bridgehead atoms. The van der Waals surface area contributed by atoms with E-state index in [0.717, 1.165) is 96.3 Å². The minimum Gasteiger partial charge on any atom is -0.462 e. The van der Waals surface area contributed by atoms with Crippen molar-refractivity contribution < 1.29 is 57.2 Å². The van der Waals surface area contributed by atoms with Gasteiger partial charge in [0.2, 0.25) is 0 Å². The maximum Gasteiger partial charge on any atom is 0.508 e. The third-order valence-electron chi connectivity index (χ3n) is 18.3. The molecule has 4 aliphatic carbocycles. The molecule has 0 aromatic heterocycles. The highest BCUT2D eigenvalue weighted by atomic mass is 16.7. The summed E-state index contributed by atoms with van der Waals surface area (Å²) in [5.41, 5.74) is 2.04. The Hall–Kier alpha value is -4.22. The quantitative estimate of drug-likeness (QED) is 0.0265. The molecule has 1 aromatic carbocycles. The molecule has 0 radical (unpaired) electrons. The number of fused-ring (bicyclic) bond motifs is 5. The fourth-order valence-electron chi connectivity index (χ4n) is 13.5. The Morgan fingerprint density at radius 2 is 1.03 bits per heavy atom. The van der Waals surface area contributed by atoms with Crippen molar-refractivity contribution in [2.75, 3.05) is 13.2 Å². The fourth-order valence-corrected chi connectivity index (χ4v) is 13.5. The number of allylic oxidation sites excluding steroid dienone is 1. The number of hydrogen-bond donors (Lipinski definition) is 0. The normalized spacial score (nSPS) is 22.4. The topological polar surface area (TPSA) is 158 Å². The molecule has 12 nitrogen and oxygen atoms in total. The molecule has 78 heavy (non-hydrogen) atoms. The SMILES string of the molecule is CCCCCCCCCCCCCCCC(=O)OCC(COC(=O)CCCCCCCCCCCCCCC)OC(=O)CCC(=O)Oc1ccc(COC(=O)OC2CC[C@H]3[C@@H]4CCC5=CC(=O)CC[C@]5(C)[C@H]4CC[C@]23C)cc1. The van der Waals surface area contributed by atoms with Gasteiger partial charge in [-0.3, -0.25) is 24.0 Å². The highest BCUT2D eigenvalue weighted by molar-refractivity contribution is 5.91. The van der Waals surface area contributed by atoms with Crippen LogP contribution in [0, 0.1) is 28.6 Å². The van der Waals surface area contributed by atoms with Crippen molar-refractivity contribution in [3.63, 3.8) is 0 Å². The molecule has 1 unspecified atom stereocenters. The number of hydrogen-bond acceptors (Lipinski definition) is 12. The van der Waals surface area contributed by atoms with Gasteiger partial charge in [0.05, 0.1) is 12.8 Å². The molecule has 0 saturated heterocycles. The van der Waals surface area contributed by atoms with Gasteiger partial charge in [-0.25, -0.2) is 4.79 Å². The summed E-state index contributed by atoms with van der Waals surface area (Å²) in [6.07, 6.45) is 38.9. The van der Waals surface area contributed by atoms with Crippen molar-refractivity contribution in [2.45, 2.75) is 291 Å². The van der Waals surface area contributed by atoms with Crippen LogP contribution in [0.4, 0.5) is 4.79 Å². The average molecular weight is 1090 g/mol. The molecule has 12 heteroatoms. The zero-order valence-corrected chi connectivity index (χ0v) is 49.2. The molecule has 3 fully saturated rings. The first-order valence-electron chi connectivity index (χ1n) is 31.7. The molecule has 0 heterocycles. The molecule has 1 aromatic rings. The molecule has 5 rings (SSSR count). The van der Waals surface area contributed by atoms with Crippen LogP contribution < -0.4 is 4.74 Å². The number of ketones is 1. The summed E-state index contributed by atoms with van der Waals surface area (Å²) in [4.78, 5) is 76.7. The number of carbonyl (C=O) groups excluding carboxylic acids is 6. The van der Waals surface area contributed by atoms with Crippen molar-refractivity contribution >= 4 is 35.8 Å². The second-order valence-electron chi connectivity index (χ2n) is 24.3. The van der Waals surface area contributed by atoms with Gasteiger partial charge >= 0.3 is 30.0 Å². The van der Waals surface area contributed by atoms with Gasteiger partial charge in [-0.2, -0.15) is 0 Å². The molecule has 0 spiro atoms. The van der Waals surface area contributed by atoms with Gasteiger partial charge in [0.1, 0.15) is 31.7 Å². The molecule has 0 amide bonds. The highest BCUT2D eigenvalue weighted by Crippen LogP contribution is 2.65. The van der Waals surface area contributed by atoms with Crippen LogP contribution >= 0.6 is 0 Å². The lowest BCUT2D eigenvalue weighted by atomic mass is 9.47. The van der Waals surface area contributed by atoms with E-state index in [4.69, 9.17) is 28.4 Å². The van der Waals surface area contributed by atoms with Crippen molar-refractivity contribution in [1.29, 1.82) is 0 Å². The maximum atomic E-state index is 13.1. The molecule has 6 atom stereocenters. The van der Waals surface area contributed by atoms with Gasteiger partial charge in [-0.1, -0.05) is 200 Å². The van der Waals surface area contributed by atoms with Crippen molar-refractivity contribution in [1.82, 2.24) is 0 Å². The minimum atomic E-state index is -1.01. The summed E-state index contributed by atoms with van der Waals surface area (Å²) >= 11 is 0. The van der Waals surface area contributed by atoms with Gasteiger partial charge in [0, 0.05) is 24.7 Å². The van der Waals surface area contributed by atoms with Crippen molar-refractivity contribution in [3.8, 4) is 5.75 Å². The minimum absolute atomic E-state index is 0.00663. The second-order valence-corrected chi connectivity index (χ2v) is 24.3. The Labute approximate surface area is 470 Å². The smallest absolute Gasteiger partial charge is 0.462 e. The van der Waals surface area contributed by atoms with Crippen molar-refractivity contribution in [3.05, 3.63) is 41.5 Å². The first-order valence-corrected chi connectivity index (χ1v) is 31.7. The Kier molecular flexibility index (Phi) is 30.0. The van der Waals surface area contributed by atoms with Crippen LogP contribution in [0.3, 0.4) is 0 Å². The van der Waals surface area contributed by atoms with E-state index in [1.807, 2.05) is 6.08 Å². The van der Waals surface area contributed by atoms with E-state index in [1.165, 1.54) is 121 Å². The van der Waals surface area contributed by atoms with E-state index in [9.17, 15) is 28.8 Å². The van der Waals surface area contributed by atoms with Crippen LogP contribution in [-0.2, 0) is 54.3 Å². The number of ether oxygens (including phenoxy) is 6. The lowest BCUT2D eigenvalue weighted by molar-refractivity contribution is -0.167. The first kappa shape index (κ1) is 64.6. The number of carbonyl (C=O) groups is 6. The van der Waals surface area contributed by atoms with E-state index < -0.39 is 36.1 Å². The van der Waals surface area contributed by atoms with Gasteiger partial charge in [-0.05, 0) is 105 Å². The Morgan fingerprint density at radius 3 is 1.55 bits per heavy atom. The summed E-state index contributed by atoms with van der Waals surface area (Å²) in [5, 5.41) is 0. The van der Waals surface area contributed by atoms with E-state index in [0.29, 0.717) is 29.7 Å². The van der Waals surface area contributed by atoms with Crippen LogP contribution in [0.15, 0.2) is 35.9 Å². The van der Waals surface area contributed by atoms with Crippen LogP contribution in [0.1, 0.15) is 277 Å². The number of esters is 4. The standard InChI is InChI=1S/C66H104O12/c1-5-7-9-11-13-15-17-19-21-23-25-27-29-31-60(68)73-49-55(50-74-61(69)32-30-28-26-24-22-20-18-16-14-12-10-8-6-2)77-63(71)42-41-62(70)76-54-36-33-51(34-37-54)48-75-64(72)78-59-40-39-57-56-38-35-52-47-53(67)43-45-65(52,3)58(56)44-46-66(57,59)4/h33-34,36-37,47,55-59H,5-32,35,38-46,48-50H2,1-4H3/t56-,57-,58-,59?,65-,66-/m0/s1. The maximum absolute atomic E-state index is 13.1. The summed E-state index contributed by atoms with van der Waals surface area (Å²) < 4.78 is 33.8. The molecule has 3 saturated carbocycles. The van der Waals surface area contributed by atoms with E-state index in [1.54, 1.807) is 24.3 Å². The van der Waals surface area contributed by atoms with Crippen LogP contribution in [0.25, 0.3) is 0 Å². The van der Waals surface area contributed by atoms with Crippen molar-refractivity contribution in [2.24, 2.45) is 28.6 Å². The average Bonchev–Trinajstić information content (AvgIpc) is 3.91. The predicted molar refractivity (Wildman–Crippen MR) is 306 cm³/mol. The number of rotatable bonds is 40. The lowest BCUT2D eigenvalue weighted by Crippen LogP contribution is -2.51. The zero-order valence-electron chi connectivity index (χ0n) is 49.2. The molecular formula is C66H104O12.